The van der Waals surface area contributed by atoms with Crippen LogP contribution in [0.25, 0.3) is 0 Å². The normalized spacial score (nSPS) is 16.2. The second-order valence-electron chi connectivity index (χ2n) is 7.36. The summed E-state index contributed by atoms with van der Waals surface area (Å²) in [5.74, 6) is 1.38. The van der Waals surface area contributed by atoms with Crippen molar-refractivity contribution in [2.45, 2.75) is 45.6 Å². The molecule has 0 radical (unpaired) electrons. The molecule has 6 heteroatoms. The first-order chi connectivity index (χ1) is 11.9. The van der Waals surface area contributed by atoms with Crippen molar-refractivity contribution >= 4 is 12.3 Å². The van der Waals surface area contributed by atoms with Gasteiger partial charge in [-0.05, 0) is 75.8 Å². The maximum atomic E-state index is 12.0. The molecule has 138 valence electrons. The highest BCUT2D eigenvalue weighted by Crippen LogP contribution is 2.23. The zero-order chi connectivity index (χ0) is 18.3. The van der Waals surface area contributed by atoms with E-state index in [0.717, 1.165) is 43.7 Å². The van der Waals surface area contributed by atoms with Gasteiger partial charge in [0.15, 0.2) is 0 Å². The van der Waals surface area contributed by atoms with E-state index in [9.17, 15) is 4.79 Å². The van der Waals surface area contributed by atoms with Crippen LogP contribution in [0.15, 0.2) is 29.4 Å². The number of carbonyl (C=O) groups is 1. The minimum Gasteiger partial charge on any atom is -0.494 e. The van der Waals surface area contributed by atoms with Crippen molar-refractivity contribution < 1.29 is 19.5 Å². The average molecular weight is 348 g/mol. The molecule has 0 bridgehead atoms. The summed E-state index contributed by atoms with van der Waals surface area (Å²) >= 11 is 0. The molecule has 1 aliphatic heterocycles. The Balaban J connectivity index is 1.67. The van der Waals surface area contributed by atoms with Crippen LogP contribution in [-0.2, 0) is 4.74 Å². The highest BCUT2D eigenvalue weighted by atomic mass is 16.6. The minimum absolute atomic E-state index is 0.214. The summed E-state index contributed by atoms with van der Waals surface area (Å²) in [6.07, 6.45) is 4.10. The summed E-state index contributed by atoms with van der Waals surface area (Å²) in [6.45, 7) is 7.81. The van der Waals surface area contributed by atoms with E-state index >= 15 is 0 Å². The van der Waals surface area contributed by atoms with Crippen molar-refractivity contribution in [2.24, 2.45) is 11.1 Å². The summed E-state index contributed by atoms with van der Waals surface area (Å²) in [6, 6.07) is 7.41. The Morgan fingerprint density at radius 1 is 1.28 bits per heavy atom. The molecule has 0 unspecified atom stereocenters. The van der Waals surface area contributed by atoms with Gasteiger partial charge in [0.25, 0.3) is 0 Å². The molecular formula is C19H28N2O4. The predicted molar refractivity (Wildman–Crippen MR) is 96.5 cm³/mol. The molecular weight excluding hydrogens is 320 g/mol. The lowest BCUT2D eigenvalue weighted by Crippen LogP contribution is -2.41. The standard InChI is InChI=1S/C19H28N2O4/c1-19(2,3)25-18(22)21-11-8-15(9-12-21)10-13-24-17-6-4-16(5-7-17)14-20-23/h4-7,14-15,23H,8-13H2,1-3H3/b20-14+. The lowest BCUT2D eigenvalue weighted by molar-refractivity contribution is 0.0177. The first kappa shape index (κ1) is 19.1. The van der Waals surface area contributed by atoms with E-state index in [4.69, 9.17) is 14.7 Å². The molecule has 1 N–H and O–H groups in total. The van der Waals surface area contributed by atoms with Crippen molar-refractivity contribution in [3.05, 3.63) is 29.8 Å². The Bertz CT molecular complexity index is 570. The second-order valence-corrected chi connectivity index (χ2v) is 7.36. The smallest absolute Gasteiger partial charge is 0.410 e. The van der Waals surface area contributed by atoms with Crippen molar-refractivity contribution in [2.75, 3.05) is 19.7 Å². The van der Waals surface area contributed by atoms with E-state index in [0.29, 0.717) is 12.5 Å². The van der Waals surface area contributed by atoms with Gasteiger partial charge in [-0.1, -0.05) is 5.16 Å². The van der Waals surface area contributed by atoms with E-state index in [-0.39, 0.29) is 6.09 Å². The Morgan fingerprint density at radius 2 is 1.92 bits per heavy atom. The van der Waals surface area contributed by atoms with Crippen LogP contribution in [0.4, 0.5) is 4.79 Å². The number of amides is 1. The van der Waals surface area contributed by atoms with E-state index in [2.05, 4.69) is 5.16 Å². The van der Waals surface area contributed by atoms with Gasteiger partial charge in [0, 0.05) is 13.1 Å². The molecule has 0 aliphatic carbocycles. The average Bonchev–Trinajstić information content (AvgIpc) is 2.56. The Hall–Kier alpha value is -2.24. The Morgan fingerprint density at radius 3 is 2.48 bits per heavy atom. The van der Waals surface area contributed by atoms with Crippen LogP contribution < -0.4 is 4.74 Å². The third-order valence-corrected chi connectivity index (χ3v) is 4.15. The van der Waals surface area contributed by atoms with E-state index in [1.807, 2.05) is 45.0 Å². The van der Waals surface area contributed by atoms with Gasteiger partial charge in [-0.25, -0.2) is 4.79 Å². The van der Waals surface area contributed by atoms with Crippen LogP contribution in [0.3, 0.4) is 0 Å². The van der Waals surface area contributed by atoms with Gasteiger partial charge in [0.05, 0.1) is 12.8 Å². The minimum atomic E-state index is -0.444. The topological polar surface area (TPSA) is 71.4 Å². The number of likely N-dealkylation sites (tertiary alicyclic amines) is 1. The molecule has 1 fully saturated rings. The van der Waals surface area contributed by atoms with E-state index in [1.165, 1.54) is 6.21 Å². The number of benzene rings is 1. The zero-order valence-electron chi connectivity index (χ0n) is 15.3. The van der Waals surface area contributed by atoms with Gasteiger partial charge in [-0.2, -0.15) is 0 Å². The number of piperidine rings is 1. The third-order valence-electron chi connectivity index (χ3n) is 4.15. The number of ether oxygens (including phenoxy) is 2. The van der Waals surface area contributed by atoms with Gasteiger partial charge < -0.3 is 19.6 Å². The lowest BCUT2D eigenvalue weighted by Gasteiger charge is -2.33. The number of hydrogen-bond acceptors (Lipinski definition) is 5. The molecule has 0 atom stereocenters. The fourth-order valence-corrected chi connectivity index (χ4v) is 2.79. The molecule has 0 saturated carbocycles. The van der Waals surface area contributed by atoms with Gasteiger partial charge >= 0.3 is 6.09 Å². The number of rotatable bonds is 5. The van der Waals surface area contributed by atoms with Crippen molar-refractivity contribution in [1.29, 1.82) is 0 Å². The highest BCUT2D eigenvalue weighted by Gasteiger charge is 2.26. The zero-order valence-corrected chi connectivity index (χ0v) is 15.3. The lowest BCUT2D eigenvalue weighted by atomic mass is 9.94. The summed E-state index contributed by atoms with van der Waals surface area (Å²) in [7, 11) is 0. The fourth-order valence-electron chi connectivity index (χ4n) is 2.79. The summed E-state index contributed by atoms with van der Waals surface area (Å²) in [5, 5.41) is 11.5. The van der Waals surface area contributed by atoms with Crippen molar-refractivity contribution in [3.8, 4) is 5.75 Å². The van der Waals surface area contributed by atoms with Crippen LogP contribution in [0.2, 0.25) is 0 Å². The molecule has 25 heavy (non-hydrogen) atoms. The van der Waals surface area contributed by atoms with E-state index < -0.39 is 5.60 Å². The van der Waals surface area contributed by atoms with Crippen LogP contribution in [-0.4, -0.2) is 47.7 Å². The number of oxime groups is 1. The number of carbonyl (C=O) groups excluding carboxylic acids is 1. The van der Waals surface area contributed by atoms with Gasteiger partial charge in [0.2, 0.25) is 0 Å². The Kier molecular flexibility index (Phi) is 6.67. The van der Waals surface area contributed by atoms with E-state index in [1.54, 1.807) is 4.90 Å². The SMILES string of the molecule is CC(C)(C)OC(=O)N1CCC(CCOc2ccc(/C=N/O)cc2)CC1. The largest absolute Gasteiger partial charge is 0.494 e. The molecule has 1 aromatic carbocycles. The monoisotopic (exact) mass is 348 g/mol. The van der Waals surface area contributed by atoms with Crippen LogP contribution in [0.5, 0.6) is 5.75 Å². The van der Waals surface area contributed by atoms with Crippen LogP contribution >= 0.6 is 0 Å². The predicted octanol–water partition coefficient (Wildman–Crippen LogP) is 3.91. The molecule has 1 saturated heterocycles. The molecule has 1 aromatic rings. The maximum absolute atomic E-state index is 12.0. The fraction of sp³-hybridized carbons (Fsp3) is 0.579. The van der Waals surface area contributed by atoms with Gasteiger partial charge in [-0.3, -0.25) is 0 Å². The molecule has 0 spiro atoms. The summed E-state index contributed by atoms with van der Waals surface area (Å²) in [4.78, 5) is 13.8. The molecule has 0 aromatic heterocycles. The second kappa shape index (κ2) is 8.74. The Labute approximate surface area is 149 Å². The molecule has 1 amide bonds. The highest BCUT2D eigenvalue weighted by molar-refractivity contribution is 5.79. The first-order valence-electron chi connectivity index (χ1n) is 8.75. The third kappa shape index (κ3) is 6.64. The summed E-state index contributed by atoms with van der Waals surface area (Å²) < 4.78 is 11.2. The van der Waals surface area contributed by atoms with Gasteiger partial charge in [0.1, 0.15) is 11.4 Å². The first-order valence-corrected chi connectivity index (χ1v) is 8.75. The van der Waals surface area contributed by atoms with Crippen molar-refractivity contribution in [3.63, 3.8) is 0 Å². The summed E-state index contributed by atoms with van der Waals surface area (Å²) in [5.41, 5.74) is 0.379. The maximum Gasteiger partial charge on any atom is 0.410 e. The number of nitrogens with zero attached hydrogens (tertiary/aromatic N) is 2. The van der Waals surface area contributed by atoms with Gasteiger partial charge in [-0.15, -0.1) is 0 Å². The van der Waals surface area contributed by atoms with Crippen LogP contribution in [0.1, 0.15) is 45.6 Å². The molecule has 1 heterocycles. The van der Waals surface area contributed by atoms with Crippen molar-refractivity contribution in [1.82, 2.24) is 4.90 Å². The molecule has 1 aliphatic rings. The number of hydrogen-bond donors (Lipinski definition) is 1. The quantitative estimate of drug-likeness (QED) is 0.497. The molecule has 6 nitrogen and oxygen atoms in total. The van der Waals surface area contributed by atoms with Crippen LogP contribution in [0, 0.1) is 5.92 Å². The molecule has 2 rings (SSSR count).